The monoisotopic (exact) mass is 243 g/mol. The van der Waals surface area contributed by atoms with Crippen LogP contribution >= 0.6 is 0 Å². The fraction of sp³-hybridized carbons (Fsp3) is 0.375. The highest BCUT2D eigenvalue weighted by Gasteiger charge is 1.98. The van der Waals surface area contributed by atoms with E-state index in [1.807, 2.05) is 24.3 Å². The molecule has 0 radical (unpaired) electrons. The summed E-state index contributed by atoms with van der Waals surface area (Å²) in [4.78, 5) is 0. The number of anilines is 1. The molecule has 0 bridgehead atoms. The Bertz CT molecular complexity index is 507. The van der Waals surface area contributed by atoms with Crippen molar-refractivity contribution in [3.63, 3.8) is 0 Å². The van der Waals surface area contributed by atoms with Crippen molar-refractivity contribution in [1.29, 1.82) is 0 Å². The number of rotatable bonds is 6. The third kappa shape index (κ3) is 3.39. The maximum absolute atomic E-state index is 5.76. The molecule has 0 unspecified atom stereocenters. The number of hydrogen-bond acceptors (Lipinski definition) is 2. The Labute approximate surface area is 109 Å². The SMILES string of the molecule is CCCCCCOc1ccc2cc(N)ccc2c1. The second-order valence-electron chi connectivity index (χ2n) is 4.68. The van der Waals surface area contributed by atoms with Crippen molar-refractivity contribution in [3.05, 3.63) is 36.4 Å². The molecule has 0 heterocycles. The first kappa shape index (κ1) is 12.7. The van der Waals surface area contributed by atoms with Crippen LogP contribution in [-0.4, -0.2) is 6.61 Å². The average Bonchev–Trinajstić information content (AvgIpc) is 2.38. The molecular formula is C16H21NO. The first-order valence-electron chi connectivity index (χ1n) is 6.71. The predicted octanol–water partition coefficient (Wildman–Crippen LogP) is 4.38. The highest BCUT2D eigenvalue weighted by Crippen LogP contribution is 2.23. The lowest BCUT2D eigenvalue weighted by Gasteiger charge is -2.07. The minimum absolute atomic E-state index is 0.802. The van der Waals surface area contributed by atoms with Gasteiger partial charge < -0.3 is 10.5 Å². The van der Waals surface area contributed by atoms with Gasteiger partial charge in [0.2, 0.25) is 0 Å². The fourth-order valence-electron chi connectivity index (χ4n) is 2.05. The smallest absolute Gasteiger partial charge is 0.119 e. The normalized spacial score (nSPS) is 10.7. The maximum Gasteiger partial charge on any atom is 0.119 e. The molecule has 96 valence electrons. The van der Waals surface area contributed by atoms with Crippen molar-refractivity contribution >= 4 is 16.5 Å². The van der Waals surface area contributed by atoms with Gasteiger partial charge in [0.15, 0.2) is 0 Å². The minimum Gasteiger partial charge on any atom is -0.494 e. The quantitative estimate of drug-likeness (QED) is 0.603. The van der Waals surface area contributed by atoms with Crippen LogP contribution in [0.3, 0.4) is 0 Å². The summed E-state index contributed by atoms with van der Waals surface area (Å²) in [6.45, 7) is 3.02. The third-order valence-corrected chi connectivity index (χ3v) is 3.10. The third-order valence-electron chi connectivity index (χ3n) is 3.10. The Balaban J connectivity index is 1.95. The van der Waals surface area contributed by atoms with Gasteiger partial charge in [0.1, 0.15) is 5.75 Å². The van der Waals surface area contributed by atoms with Crippen molar-refractivity contribution in [3.8, 4) is 5.75 Å². The van der Waals surface area contributed by atoms with E-state index in [9.17, 15) is 0 Å². The molecular weight excluding hydrogens is 222 g/mol. The van der Waals surface area contributed by atoms with E-state index in [0.29, 0.717) is 0 Å². The summed E-state index contributed by atoms with van der Waals surface area (Å²) in [5, 5.41) is 2.34. The highest BCUT2D eigenvalue weighted by molar-refractivity contribution is 5.86. The van der Waals surface area contributed by atoms with Crippen LogP contribution in [0.2, 0.25) is 0 Å². The van der Waals surface area contributed by atoms with Gasteiger partial charge in [0.25, 0.3) is 0 Å². The summed E-state index contributed by atoms with van der Waals surface area (Å²) >= 11 is 0. The van der Waals surface area contributed by atoms with E-state index >= 15 is 0 Å². The largest absolute Gasteiger partial charge is 0.494 e. The van der Waals surface area contributed by atoms with E-state index in [1.54, 1.807) is 0 Å². The molecule has 2 N–H and O–H groups in total. The van der Waals surface area contributed by atoms with Gasteiger partial charge in [-0.3, -0.25) is 0 Å². The number of ether oxygens (including phenoxy) is 1. The van der Waals surface area contributed by atoms with E-state index in [0.717, 1.165) is 29.9 Å². The molecule has 0 aliphatic rings. The molecule has 0 atom stereocenters. The van der Waals surface area contributed by atoms with Gasteiger partial charge in [-0.2, -0.15) is 0 Å². The molecule has 2 rings (SSSR count). The van der Waals surface area contributed by atoms with Gasteiger partial charge in [0, 0.05) is 5.69 Å². The minimum atomic E-state index is 0.802. The van der Waals surface area contributed by atoms with Crippen LogP contribution in [0.4, 0.5) is 5.69 Å². The van der Waals surface area contributed by atoms with Gasteiger partial charge in [-0.15, -0.1) is 0 Å². The predicted molar refractivity (Wildman–Crippen MR) is 78.0 cm³/mol. The van der Waals surface area contributed by atoms with Crippen molar-refractivity contribution in [1.82, 2.24) is 0 Å². The number of unbranched alkanes of at least 4 members (excludes halogenated alkanes) is 3. The summed E-state index contributed by atoms with van der Waals surface area (Å²) in [7, 11) is 0. The summed E-state index contributed by atoms with van der Waals surface area (Å²) in [6.07, 6.45) is 4.94. The van der Waals surface area contributed by atoms with Gasteiger partial charge >= 0.3 is 0 Å². The molecule has 0 saturated carbocycles. The molecule has 0 amide bonds. The van der Waals surface area contributed by atoms with Crippen molar-refractivity contribution in [2.45, 2.75) is 32.6 Å². The standard InChI is InChI=1S/C16H21NO/c1-2-3-4-5-10-18-16-9-7-13-11-15(17)8-6-14(13)12-16/h6-9,11-12H,2-5,10,17H2,1H3. The molecule has 0 aromatic heterocycles. The van der Waals surface area contributed by atoms with E-state index < -0.39 is 0 Å². The van der Waals surface area contributed by atoms with Crippen LogP contribution in [0.5, 0.6) is 5.75 Å². The van der Waals surface area contributed by atoms with E-state index in [1.165, 1.54) is 24.6 Å². The van der Waals surface area contributed by atoms with Crippen LogP contribution < -0.4 is 10.5 Å². The first-order valence-corrected chi connectivity index (χ1v) is 6.71. The zero-order chi connectivity index (χ0) is 12.8. The lowest BCUT2D eigenvalue weighted by atomic mass is 10.1. The summed E-state index contributed by atoms with van der Waals surface area (Å²) in [6, 6.07) is 12.1. The average molecular weight is 243 g/mol. The molecule has 0 fully saturated rings. The number of nitrogen functional groups attached to an aromatic ring is 1. The summed E-state index contributed by atoms with van der Waals surface area (Å²) in [5.74, 6) is 0.948. The molecule has 0 aliphatic carbocycles. The topological polar surface area (TPSA) is 35.2 Å². The first-order chi connectivity index (χ1) is 8.79. The van der Waals surface area contributed by atoms with Gasteiger partial charge in [-0.05, 0) is 41.5 Å². The maximum atomic E-state index is 5.76. The highest BCUT2D eigenvalue weighted by atomic mass is 16.5. The number of nitrogens with two attached hydrogens (primary N) is 1. The molecule has 18 heavy (non-hydrogen) atoms. The zero-order valence-corrected chi connectivity index (χ0v) is 11.0. The number of hydrogen-bond donors (Lipinski definition) is 1. The molecule has 2 nitrogen and oxygen atoms in total. The van der Waals surface area contributed by atoms with Crippen LogP contribution in [-0.2, 0) is 0 Å². The number of fused-ring (bicyclic) bond motifs is 1. The lowest BCUT2D eigenvalue weighted by molar-refractivity contribution is 0.305. The van der Waals surface area contributed by atoms with Crippen LogP contribution in [0.1, 0.15) is 32.6 Å². The Hall–Kier alpha value is -1.70. The molecule has 0 saturated heterocycles. The lowest BCUT2D eigenvalue weighted by Crippen LogP contribution is -1.97. The van der Waals surface area contributed by atoms with Crippen molar-refractivity contribution in [2.24, 2.45) is 0 Å². The molecule has 0 aliphatic heterocycles. The zero-order valence-electron chi connectivity index (χ0n) is 11.0. The van der Waals surface area contributed by atoms with Crippen LogP contribution in [0.25, 0.3) is 10.8 Å². The fourth-order valence-corrected chi connectivity index (χ4v) is 2.05. The second-order valence-corrected chi connectivity index (χ2v) is 4.68. The van der Waals surface area contributed by atoms with Crippen molar-refractivity contribution in [2.75, 3.05) is 12.3 Å². The van der Waals surface area contributed by atoms with Crippen molar-refractivity contribution < 1.29 is 4.74 Å². The number of benzene rings is 2. The van der Waals surface area contributed by atoms with E-state index in [-0.39, 0.29) is 0 Å². The second kappa shape index (κ2) is 6.29. The summed E-state index contributed by atoms with van der Waals surface area (Å²) in [5.41, 5.74) is 6.56. The van der Waals surface area contributed by atoms with Gasteiger partial charge in [0.05, 0.1) is 6.61 Å². The molecule has 2 heteroatoms. The Morgan fingerprint density at radius 1 is 0.944 bits per heavy atom. The van der Waals surface area contributed by atoms with Crippen LogP contribution in [0.15, 0.2) is 36.4 Å². The van der Waals surface area contributed by atoms with Gasteiger partial charge in [-0.25, -0.2) is 0 Å². The van der Waals surface area contributed by atoms with Crippen LogP contribution in [0, 0.1) is 0 Å². The molecule has 2 aromatic rings. The Morgan fingerprint density at radius 2 is 1.72 bits per heavy atom. The van der Waals surface area contributed by atoms with Gasteiger partial charge in [-0.1, -0.05) is 38.3 Å². The summed E-state index contributed by atoms with van der Waals surface area (Å²) < 4.78 is 5.76. The Morgan fingerprint density at radius 3 is 2.56 bits per heavy atom. The molecule has 0 spiro atoms. The molecule has 2 aromatic carbocycles. The van der Waals surface area contributed by atoms with E-state index in [4.69, 9.17) is 10.5 Å². The van der Waals surface area contributed by atoms with E-state index in [2.05, 4.69) is 19.1 Å². The Kier molecular flexibility index (Phi) is 4.46.